The van der Waals surface area contributed by atoms with Gasteiger partial charge in [0.15, 0.2) is 0 Å². The smallest absolute Gasteiger partial charge is 0.293 e. The zero-order valence-electron chi connectivity index (χ0n) is 12.4. The number of nitrogens with one attached hydrogen (secondary N) is 1. The zero-order valence-corrected chi connectivity index (χ0v) is 12.4. The van der Waals surface area contributed by atoms with Gasteiger partial charge in [-0.1, -0.05) is 0 Å². The van der Waals surface area contributed by atoms with E-state index in [0.29, 0.717) is 11.4 Å². The lowest BCUT2D eigenvalue weighted by Gasteiger charge is -2.17. The van der Waals surface area contributed by atoms with Crippen LogP contribution in [0.5, 0.6) is 0 Å². The summed E-state index contributed by atoms with van der Waals surface area (Å²) in [6, 6.07) is 8.01. The summed E-state index contributed by atoms with van der Waals surface area (Å²) >= 11 is 0. The second kappa shape index (κ2) is 6.43. The van der Waals surface area contributed by atoms with E-state index in [1.165, 1.54) is 12.3 Å². The summed E-state index contributed by atoms with van der Waals surface area (Å²) in [6.45, 7) is 1.62. The Labute approximate surface area is 133 Å². The molecule has 1 fully saturated rings. The quantitative estimate of drug-likeness (QED) is 0.692. The molecule has 0 atom stereocenters. The van der Waals surface area contributed by atoms with Gasteiger partial charge in [0.1, 0.15) is 5.69 Å². The molecule has 0 unspecified atom stereocenters. The molecule has 1 aliphatic heterocycles. The van der Waals surface area contributed by atoms with Crippen molar-refractivity contribution in [2.24, 2.45) is 0 Å². The minimum Gasteiger partial charge on any atom is -0.366 e. The van der Waals surface area contributed by atoms with Crippen molar-refractivity contribution in [1.29, 1.82) is 0 Å². The molecule has 118 valence electrons. The standard InChI is InChI=1S/C16H16N4O3/c21-16(18-13-4-3-7-17-11-13)12-5-6-14(15(10-12)20(22)23)19-8-1-2-9-19/h3-7,10-11H,1-2,8-9H2,(H,18,21). The number of nitro groups is 1. The van der Waals surface area contributed by atoms with Crippen LogP contribution in [-0.4, -0.2) is 28.9 Å². The van der Waals surface area contributed by atoms with E-state index in [-0.39, 0.29) is 11.3 Å². The number of hydrogen-bond acceptors (Lipinski definition) is 5. The normalized spacial score (nSPS) is 13.8. The van der Waals surface area contributed by atoms with E-state index in [9.17, 15) is 14.9 Å². The number of aromatic nitrogens is 1. The van der Waals surface area contributed by atoms with Crippen molar-refractivity contribution < 1.29 is 9.72 Å². The number of rotatable bonds is 4. The summed E-state index contributed by atoms with van der Waals surface area (Å²) in [5, 5.41) is 14.0. The largest absolute Gasteiger partial charge is 0.366 e. The lowest BCUT2D eigenvalue weighted by Crippen LogP contribution is -2.19. The Morgan fingerprint density at radius 2 is 2.04 bits per heavy atom. The van der Waals surface area contributed by atoms with Crippen molar-refractivity contribution in [3.8, 4) is 0 Å². The van der Waals surface area contributed by atoms with Crippen LogP contribution in [0.1, 0.15) is 23.2 Å². The molecule has 2 heterocycles. The molecule has 7 heteroatoms. The van der Waals surface area contributed by atoms with Gasteiger partial charge in [-0.05, 0) is 37.1 Å². The van der Waals surface area contributed by atoms with Crippen molar-refractivity contribution in [3.05, 3.63) is 58.4 Å². The van der Waals surface area contributed by atoms with E-state index in [0.717, 1.165) is 25.9 Å². The van der Waals surface area contributed by atoms with Gasteiger partial charge in [-0.3, -0.25) is 19.9 Å². The molecule has 0 saturated carbocycles. The first kappa shape index (κ1) is 15.0. The maximum Gasteiger partial charge on any atom is 0.293 e. The van der Waals surface area contributed by atoms with Crippen LogP contribution >= 0.6 is 0 Å². The lowest BCUT2D eigenvalue weighted by atomic mass is 10.1. The summed E-state index contributed by atoms with van der Waals surface area (Å²) < 4.78 is 0. The fraction of sp³-hybridized carbons (Fsp3) is 0.250. The molecule has 1 saturated heterocycles. The van der Waals surface area contributed by atoms with E-state index in [1.807, 2.05) is 4.90 Å². The monoisotopic (exact) mass is 312 g/mol. The molecular weight excluding hydrogens is 296 g/mol. The number of carbonyl (C=O) groups is 1. The first-order chi connectivity index (χ1) is 11.1. The van der Waals surface area contributed by atoms with Gasteiger partial charge >= 0.3 is 0 Å². The summed E-state index contributed by atoms with van der Waals surface area (Å²) in [5.41, 5.74) is 1.34. The Hall–Kier alpha value is -2.96. The number of hydrogen-bond donors (Lipinski definition) is 1. The SMILES string of the molecule is O=C(Nc1cccnc1)c1ccc(N2CCCC2)c([N+](=O)[O-])c1. The van der Waals surface area contributed by atoms with Crippen LogP contribution in [0, 0.1) is 10.1 Å². The van der Waals surface area contributed by atoms with E-state index in [2.05, 4.69) is 10.3 Å². The highest BCUT2D eigenvalue weighted by Gasteiger charge is 2.23. The van der Waals surface area contributed by atoms with Gasteiger partial charge in [-0.2, -0.15) is 0 Å². The molecule has 2 aromatic rings. The molecule has 1 aliphatic rings. The topological polar surface area (TPSA) is 88.4 Å². The number of carbonyl (C=O) groups excluding carboxylic acids is 1. The molecular formula is C16H16N4O3. The van der Waals surface area contributed by atoms with Gasteiger partial charge in [0, 0.05) is 30.9 Å². The van der Waals surface area contributed by atoms with Crippen LogP contribution in [-0.2, 0) is 0 Å². The third-order valence-corrected chi connectivity index (χ3v) is 3.80. The van der Waals surface area contributed by atoms with Crippen molar-refractivity contribution in [2.45, 2.75) is 12.8 Å². The number of benzene rings is 1. The molecule has 1 N–H and O–H groups in total. The molecule has 23 heavy (non-hydrogen) atoms. The van der Waals surface area contributed by atoms with Gasteiger partial charge in [-0.25, -0.2) is 0 Å². The predicted molar refractivity (Wildman–Crippen MR) is 86.7 cm³/mol. The van der Waals surface area contributed by atoms with Crippen LogP contribution < -0.4 is 10.2 Å². The maximum atomic E-state index is 12.2. The summed E-state index contributed by atoms with van der Waals surface area (Å²) in [7, 11) is 0. The maximum absolute atomic E-state index is 12.2. The van der Waals surface area contributed by atoms with Crippen molar-refractivity contribution in [2.75, 3.05) is 23.3 Å². The Kier molecular flexibility index (Phi) is 4.18. The molecule has 1 aromatic heterocycles. The zero-order chi connectivity index (χ0) is 16.2. The number of nitrogens with zero attached hydrogens (tertiary/aromatic N) is 3. The number of pyridine rings is 1. The van der Waals surface area contributed by atoms with Crippen LogP contribution in [0.25, 0.3) is 0 Å². The summed E-state index contributed by atoms with van der Waals surface area (Å²) in [5.74, 6) is -0.394. The first-order valence-corrected chi connectivity index (χ1v) is 7.40. The summed E-state index contributed by atoms with van der Waals surface area (Å²) in [4.78, 5) is 29.1. The third kappa shape index (κ3) is 3.28. The summed E-state index contributed by atoms with van der Waals surface area (Å²) in [6.07, 6.45) is 5.18. The van der Waals surface area contributed by atoms with Crippen LogP contribution in [0.3, 0.4) is 0 Å². The predicted octanol–water partition coefficient (Wildman–Crippen LogP) is 2.84. The Bertz CT molecular complexity index is 727. The first-order valence-electron chi connectivity index (χ1n) is 7.40. The Morgan fingerprint density at radius 3 is 2.70 bits per heavy atom. The molecule has 0 spiro atoms. The molecule has 1 amide bonds. The van der Waals surface area contributed by atoms with Crippen LogP contribution in [0.2, 0.25) is 0 Å². The van der Waals surface area contributed by atoms with E-state index >= 15 is 0 Å². The van der Waals surface area contributed by atoms with Crippen LogP contribution in [0.4, 0.5) is 17.1 Å². The molecule has 0 aliphatic carbocycles. The van der Waals surface area contributed by atoms with Gasteiger partial charge < -0.3 is 10.2 Å². The third-order valence-electron chi connectivity index (χ3n) is 3.80. The van der Waals surface area contributed by atoms with Crippen LogP contribution in [0.15, 0.2) is 42.7 Å². The highest BCUT2D eigenvalue weighted by Crippen LogP contribution is 2.31. The van der Waals surface area contributed by atoms with Gasteiger partial charge in [0.2, 0.25) is 0 Å². The molecule has 3 rings (SSSR count). The number of anilines is 2. The van der Waals surface area contributed by atoms with Gasteiger partial charge in [0.25, 0.3) is 11.6 Å². The van der Waals surface area contributed by atoms with E-state index in [1.54, 1.807) is 30.5 Å². The number of nitro benzene ring substituents is 1. The van der Waals surface area contributed by atoms with Crippen molar-refractivity contribution in [1.82, 2.24) is 4.98 Å². The Morgan fingerprint density at radius 1 is 1.26 bits per heavy atom. The van der Waals surface area contributed by atoms with E-state index in [4.69, 9.17) is 0 Å². The second-order valence-electron chi connectivity index (χ2n) is 5.35. The fourth-order valence-electron chi connectivity index (χ4n) is 2.68. The van der Waals surface area contributed by atoms with Crippen molar-refractivity contribution in [3.63, 3.8) is 0 Å². The average molecular weight is 312 g/mol. The molecule has 7 nitrogen and oxygen atoms in total. The van der Waals surface area contributed by atoms with E-state index < -0.39 is 10.8 Å². The molecule has 1 aromatic carbocycles. The number of amides is 1. The molecule has 0 radical (unpaired) electrons. The highest BCUT2D eigenvalue weighted by atomic mass is 16.6. The molecule has 0 bridgehead atoms. The average Bonchev–Trinajstić information content (AvgIpc) is 3.09. The highest BCUT2D eigenvalue weighted by molar-refractivity contribution is 6.05. The van der Waals surface area contributed by atoms with Crippen molar-refractivity contribution >= 4 is 23.0 Å². The second-order valence-corrected chi connectivity index (χ2v) is 5.35. The fourth-order valence-corrected chi connectivity index (χ4v) is 2.68. The van der Waals surface area contributed by atoms with Gasteiger partial charge in [-0.15, -0.1) is 0 Å². The lowest BCUT2D eigenvalue weighted by molar-refractivity contribution is -0.384. The minimum atomic E-state index is -0.436. The Balaban J connectivity index is 1.87. The van der Waals surface area contributed by atoms with Gasteiger partial charge in [0.05, 0.1) is 16.8 Å². The minimum absolute atomic E-state index is 0.0364.